The van der Waals surface area contributed by atoms with E-state index in [0.717, 1.165) is 12.0 Å². The molecule has 1 N–H and O–H groups in total. The number of alkyl halides is 6. The smallest absolute Gasteiger partial charge is 0.352 e. The van der Waals surface area contributed by atoms with Gasteiger partial charge in [0.1, 0.15) is 0 Å². The molecule has 0 heterocycles. The summed E-state index contributed by atoms with van der Waals surface area (Å²) in [5, 5.41) is 2.53. The van der Waals surface area contributed by atoms with Gasteiger partial charge in [0.25, 0.3) is 0 Å². The second-order valence-electron chi connectivity index (χ2n) is 7.05. The Morgan fingerprint density at radius 3 is 2.07 bits per heavy atom. The minimum absolute atomic E-state index is 0.0743. The molecule has 2 rings (SSSR count). The molecule has 0 saturated heterocycles. The third-order valence-electron chi connectivity index (χ3n) is 4.86. The van der Waals surface area contributed by atoms with E-state index in [1.165, 1.54) is 0 Å². The van der Waals surface area contributed by atoms with Crippen molar-refractivity contribution in [3.63, 3.8) is 0 Å². The lowest BCUT2D eigenvalue weighted by Crippen LogP contribution is -2.39. The molecule has 1 aliphatic carbocycles. The maximum atomic E-state index is 12.9. The van der Waals surface area contributed by atoms with Gasteiger partial charge in [-0.15, -0.1) is 0 Å². The molecule has 1 aliphatic rings. The highest BCUT2D eigenvalue weighted by molar-refractivity contribution is 5.83. The first kappa shape index (κ1) is 21.3. The molecule has 1 aromatic carbocycles. The molecule has 0 aliphatic heterocycles. The Morgan fingerprint density at radius 2 is 1.67 bits per heavy atom. The quantitative estimate of drug-likeness (QED) is 0.492. The van der Waals surface area contributed by atoms with Gasteiger partial charge in [0.15, 0.2) is 0 Å². The van der Waals surface area contributed by atoms with Crippen molar-refractivity contribution in [3.8, 4) is 0 Å². The van der Waals surface area contributed by atoms with Gasteiger partial charge in [-0.05, 0) is 49.4 Å². The highest BCUT2D eigenvalue weighted by atomic mass is 19.4. The number of benzene rings is 1. The molecule has 0 radical (unpaired) electrons. The lowest BCUT2D eigenvalue weighted by Gasteiger charge is -2.27. The lowest BCUT2D eigenvalue weighted by atomic mass is 9.80. The zero-order chi connectivity index (χ0) is 20.5. The topological polar surface area (TPSA) is 29.1 Å². The van der Waals surface area contributed by atoms with Crippen molar-refractivity contribution < 1.29 is 31.1 Å². The van der Waals surface area contributed by atoms with Crippen molar-refractivity contribution in [2.24, 2.45) is 5.41 Å². The number of carbonyl (C=O) groups excluding carboxylic acids is 1. The molecule has 27 heavy (non-hydrogen) atoms. The number of carbonyl (C=O) groups is 1. The predicted molar refractivity (Wildman–Crippen MR) is 88.6 cm³/mol. The fourth-order valence-electron chi connectivity index (χ4n) is 3.56. The van der Waals surface area contributed by atoms with Gasteiger partial charge in [-0.25, -0.2) is 0 Å². The molecule has 150 valence electrons. The van der Waals surface area contributed by atoms with Crippen LogP contribution in [0.25, 0.3) is 0 Å². The van der Waals surface area contributed by atoms with Gasteiger partial charge >= 0.3 is 12.4 Å². The Bertz CT molecular complexity index is 690. The first-order chi connectivity index (χ1) is 12.4. The van der Waals surface area contributed by atoms with Crippen molar-refractivity contribution in [2.45, 2.75) is 57.9 Å². The summed E-state index contributed by atoms with van der Waals surface area (Å²) in [5.41, 5.74) is -2.77. The second kappa shape index (κ2) is 7.56. The molecule has 1 saturated carbocycles. The van der Waals surface area contributed by atoms with Crippen LogP contribution < -0.4 is 5.32 Å². The van der Waals surface area contributed by atoms with Gasteiger partial charge < -0.3 is 5.32 Å². The summed E-state index contributed by atoms with van der Waals surface area (Å²) in [4.78, 5) is 12.6. The van der Waals surface area contributed by atoms with E-state index in [1.807, 2.05) is 6.92 Å². The fourth-order valence-corrected chi connectivity index (χ4v) is 3.56. The number of hydrogen-bond acceptors (Lipinski definition) is 1. The number of rotatable bonds is 5. The summed E-state index contributed by atoms with van der Waals surface area (Å²) >= 11 is 0. The normalized spacial score (nSPS) is 20.8. The third kappa shape index (κ3) is 5.05. The van der Waals surface area contributed by atoms with Crippen LogP contribution in [0.5, 0.6) is 0 Å². The SMILES string of the molecule is C=C1CCC(CCC)(C(=O)NCc2cc(C(F)(F)F)cc(C(F)(F)F)c2)C1. The maximum absolute atomic E-state index is 12.9. The minimum atomic E-state index is -4.91. The van der Waals surface area contributed by atoms with E-state index in [9.17, 15) is 31.1 Å². The van der Waals surface area contributed by atoms with Gasteiger partial charge in [-0.1, -0.05) is 25.5 Å². The highest BCUT2D eigenvalue weighted by Gasteiger charge is 2.42. The summed E-state index contributed by atoms with van der Waals surface area (Å²) < 4.78 is 77.5. The first-order valence-corrected chi connectivity index (χ1v) is 8.61. The second-order valence-corrected chi connectivity index (χ2v) is 7.05. The molecular formula is C19H21F6NO. The van der Waals surface area contributed by atoms with Crippen LogP contribution >= 0.6 is 0 Å². The Kier molecular flexibility index (Phi) is 5.97. The Balaban J connectivity index is 2.24. The third-order valence-corrected chi connectivity index (χ3v) is 4.86. The molecule has 8 heteroatoms. The molecule has 1 atom stereocenters. The van der Waals surface area contributed by atoms with Crippen LogP contribution in [-0.4, -0.2) is 5.91 Å². The van der Waals surface area contributed by atoms with E-state index >= 15 is 0 Å². The molecule has 0 spiro atoms. The van der Waals surface area contributed by atoms with Gasteiger partial charge in [0.2, 0.25) is 5.91 Å². The van der Waals surface area contributed by atoms with Crippen LogP contribution in [0.4, 0.5) is 26.3 Å². The molecule has 1 fully saturated rings. The van der Waals surface area contributed by atoms with Crippen molar-refractivity contribution in [1.29, 1.82) is 0 Å². The predicted octanol–water partition coefficient (Wildman–Crippen LogP) is 5.87. The monoisotopic (exact) mass is 393 g/mol. The van der Waals surface area contributed by atoms with Crippen LogP contribution in [0.3, 0.4) is 0 Å². The van der Waals surface area contributed by atoms with E-state index in [4.69, 9.17) is 0 Å². The maximum Gasteiger partial charge on any atom is 0.416 e. The zero-order valence-corrected chi connectivity index (χ0v) is 14.9. The van der Waals surface area contributed by atoms with Gasteiger partial charge in [-0.2, -0.15) is 26.3 Å². The highest BCUT2D eigenvalue weighted by Crippen LogP contribution is 2.44. The Hall–Kier alpha value is -1.99. The summed E-state index contributed by atoms with van der Waals surface area (Å²) in [6.07, 6.45) is -6.73. The largest absolute Gasteiger partial charge is 0.416 e. The summed E-state index contributed by atoms with van der Waals surface area (Å²) in [5.74, 6) is -0.353. The van der Waals surface area contributed by atoms with E-state index in [2.05, 4.69) is 11.9 Å². The van der Waals surface area contributed by atoms with Crippen molar-refractivity contribution in [2.75, 3.05) is 0 Å². The molecule has 2 nitrogen and oxygen atoms in total. The average molecular weight is 393 g/mol. The number of allylic oxidation sites excluding steroid dienone is 1. The van der Waals surface area contributed by atoms with Crippen molar-refractivity contribution in [1.82, 2.24) is 5.32 Å². The standard InChI is InChI=1S/C19H21F6NO/c1-3-5-17(6-4-12(2)10-17)16(27)26-11-13-7-14(18(20,21)22)9-15(8-13)19(23,24)25/h7-9H,2-6,10-11H2,1H3,(H,26,27). The Labute approximate surface area is 153 Å². The van der Waals surface area contributed by atoms with Crippen LogP contribution in [0, 0.1) is 5.41 Å². The molecule has 0 bridgehead atoms. The lowest BCUT2D eigenvalue weighted by molar-refractivity contribution is -0.143. The molecule has 1 unspecified atom stereocenters. The van der Waals surface area contributed by atoms with Gasteiger partial charge in [-0.3, -0.25) is 4.79 Å². The van der Waals surface area contributed by atoms with Crippen LogP contribution in [-0.2, 0) is 23.7 Å². The van der Waals surface area contributed by atoms with E-state index < -0.39 is 35.4 Å². The zero-order valence-electron chi connectivity index (χ0n) is 14.9. The van der Waals surface area contributed by atoms with Crippen molar-refractivity contribution in [3.05, 3.63) is 47.0 Å². The molecule has 1 amide bonds. The summed E-state index contributed by atoms with van der Waals surface area (Å²) in [7, 11) is 0. The summed E-state index contributed by atoms with van der Waals surface area (Å²) in [6.45, 7) is 5.40. The fraction of sp³-hybridized carbons (Fsp3) is 0.526. The number of nitrogens with one attached hydrogen (secondary N) is 1. The van der Waals surface area contributed by atoms with Gasteiger partial charge in [0, 0.05) is 6.54 Å². The first-order valence-electron chi connectivity index (χ1n) is 8.61. The number of amides is 1. The van der Waals surface area contributed by atoms with E-state index in [0.29, 0.717) is 37.8 Å². The van der Waals surface area contributed by atoms with Crippen LogP contribution in [0.1, 0.15) is 55.7 Å². The van der Waals surface area contributed by atoms with E-state index in [-0.39, 0.29) is 17.5 Å². The molecule has 1 aromatic rings. The summed E-state index contributed by atoms with van der Waals surface area (Å²) in [6, 6.07) is 1.34. The minimum Gasteiger partial charge on any atom is -0.352 e. The number of hydrogen-bond donors (Lipinski definition) is 1. The average Bonchev–Trinajstić information content (AvgIpc) is 2.93. The molecular weight excluding hydrogens is 372 g/mol. The number of halogens is 6. The van der Waals surface area contributed by atoms with E-state index in [1.54, 1.807) is 0 Å². The molecule has 0 aromatic heterocycles. The Morgan fingerprint density at radius 1 is 1.11 bits per heavy atom. The van der Waals surface area contributed by atoms with Gasteiger partial charge in [0.05, 0.1) is 16.5 Å². The van der Waals surface area contributed by atoms with Crippen LogP contribution in [0.15, 0.2) is 30.4 Å². The van der Waals surface area contributed by atoms with Crippen LogP contribution in [0.2, 0.25) is 0 Å². The van der Waals surface area contributed by atoms with Crippen molar-refractivity contribution >= 4 is 5.91 Å².